The van der Waals surface area contributed by atoms with E-state index in [-0.39, 0.29) is 0 Å². The fourth-order valence-electron chi connectivity index (χ4n) is 8.52. The van der Waals surface area contributed by atoms with Gasteiger partial charge in [-0.15, -0.1) is 0 Å². The smallest absolute Gasteiger partial charge is 0.136 e. The molecule has 56 heavy (non-hydrogen) atoms. The lowest BCUT2D eigenvalue weighted by molar-refractivity contribution is 0.669. The van der Waals surface area contributed by atoms with Crippen LogP contribution in [0.1, 0.15) is 0 Å². The van der Waals surface area contributed by atoms with Crippen molar-refractivity contribution in [3.05, 3.63) is 212 Å². The van der Waals surface area contributed by atoms with Gasteiger partial charge in [0.1, 0.15) is 11.2 Å². The molecule has 0 saturated carbocycles. The van der Waals surface area contributed by atoms with Crippen LogP contribution in [-0.4, -0.2) is 0 Å². The van der Waals surface area contributed by atoms with Gasteiger partial charge in [0.15, 0.2) is 0 Å². The molecule has 0 atom stereocenters. The SMILES string of the molecule is c1ccc(N(c2ccc(-c3cc4ccccc4c4ccccc34)cc2)c2cccc(-c3ccc(-c4ccc5c(ccc6oc7ccccc7c65)c4)cc3)c2)cc1. The third-order valence-corrected chi connectivity index (χ3v) is 11.2. The van der Waals surface area contributed by atoms with Crippen molar-refractivity contribution in [1.82, 2.24) is 0 Å². The average Bonchev–Trinajstić information content (AvgIpc) is 3.66. The molecule has 0 aliphatic heterocycles. The van der Waals surface area contributed by atoms with Crippen LogP contribution < -0.4 is 4.90 Å². The molecule has 0 unspecified atom stereocenters. The van der Waals surface area contributed by atoms with Crippen LogP contribution in [0.5, 0.6) is 0 Å². The normalized spacial score (nSPS) is 11.6. The maximum absolute atomic E-state index is 6.15. The zero-order chi connectivity index (χ0) is 37.0. The van der Waals surface area contributed by atoms with Crippen molar-refractivity contribution in [2.24, 2.45) is 0 Å². The summed E-state index contributed by atoms with van der Waals surface area (Å²) >= 11 is 0. The highest BCUT2D eigenvalue weighted by Crippen LogP contribution is 2.41. The molecule has 1 aromatic heterocycles. The standard InChI is InChI=1S/C54H35NO/c1-2-13-43(14-3-1)55(44-29-25-38(26-30-44)51-35-41-11-4-5-16-46(41)48-17-6-7-18-49(48)51)45-15-10-12-39(34-45)36-21-23-37(24-22-36)40-27-31-47-42(33-40)28-32-53-54(47)50-19-8-9-20-52(50)56-53/h1-35H. The second-order valence-corrected chi connectivity index (χ2v) is 14.5. The Kier molecular flexibility index (Phi) is 7.53. The molecule has 0 aliphatic carbocycles. The summed E-state index contributed by atoms with van der Waals surface area (Å²) in [6.45, 7) is 0. The van der Waals surface area contributed by atoms with E-state index in [1.54, 1.807) is 0 Å². The van der Waals surface area contributed by atoms with Crippen LogP contribution in [0.3, 0.4) is 0 Å². The zero-order valence-corrected chi connectivity index (χ0v) is 30.6. The Morgan fingerprint density at radius 3 is 1.68 bits per heavy atom. The van der Waals surface area contributed by atoms with Gasteiger partial charge in [0.2, 0.25) is 0 Å². The Balaban J connectivity index is 0.929. The van der Waals surface area contributed by atoms with Crippen LogP contribution in [0.15, 0.2) is 217 Å². The van der Waals surface area contributed by atoms with E-state index in [1.165, 1.54) is 71.1 Å². The van der Waals surface area contributed by atoms with Crippen LogP contribution in [0.25, 0.3) is 87.6 Å². The summed E-state index contributed by atoms with van der Waals surface area (Å²) in [5.41, 5.74) is 12.4. The lowest BCUT2D eigenvalue weighted by atomic mass is 9.93. The molecule has 0 saturated heterocycles. The maximum atomic E-state index is 6.15. The monoisotopic (exact) mass is 713 g/mol. The van der Waals surface area contributed by atoms with Crippen molar-refractivity contribution < 1.29 is 4.42 Å². The van der Waals surface area contributed by atoms with Crippen molar-refractivity contribution in [2.75, 3.05) is 4.90 Å². The summed E-state index contributed by atoms with van der Waals surface area (Å²) in [5, 5.41) is 9.84. The summed E-state index contributed by atoms with van der Waals surface area (Å²) in [5.74, 6) is 0. The molecular formula is C54H35NO. The number of hydrogen-bond donors (Lipinski definition) is 0. The van der Waals surface area contributed by atoms with E-state index in [1.807, 2.05) is 12.1 Å². The van der Waals surface area contributed by atoms with Crippen LogP contribution in [0.2, 0.25) is 0 Å². The molecule has 0 fully saturated rings. The van der Waals surface area contributed by atoms with Gasteiger partial charge >= 0.3 is 0 Å². The van der Waals surface area contributed by atoms with Crippen molar-refractivity contribution >= 4 is 71.3 Å². The molecule has 0 N–H and O–H groups in total. The predicted molar refractivity (Wildman–Crippen MR) is 237 cm³/mol. The topological polar surface area (TPSA) is 16.4 Å². The first-order valence-electron chi connectivity index (χ1n) is 19.2. The highest BCUT2D eigenvalue weighted by molar-refractivity contribution is 6.19. The molecule has 0 bridgehead atoms. The van der Waals surface area contributed by atoms with Gasteiger partial charge in [-0.1, -0.05) is 152 Å². The number of fused-ring (bicyclic) bond motifs is 8. The third kappa shape index (κ3) is 5.42. The number of hydrogen-bond acceptors (Lipinski definition) is 2. The van der Waals surface area contributed by atoms with Gasteiger partial charge in [0, 0.05) is 27.8 Å². The largest absolute Gasteiger partial charge is 0.456 e. The van der Waals surface area contributed by atoms with Gasteiger partial charge in [-0.3, -0.25) is 0 Å². The van der Waals surface area contributed by atoms with Gasteiger partial charge in [0.25, 0.3) is 0 Å². The summed E-state index contributed by atoms with van der Waals surface area (Å²) in [4.78, 5) is 2.34. The molecule has 1 heterocycles. The van der Waals surface area contributed by atoms with Gasteiger partial charge in [-0.05, 0) is 126 Å². The van der Waals surface area contributed by atoms with Gasteiger partial charge in [-0.2, -0.15) is 0 Å². The lowest BCUT2D eigenvalue weighted by Crippen LogP contribution is -2.09. The van der Waals surface area contributed by atoms with E-state index >= 15 is 0 Å². The highest BCUT2D eigenvalue weighted by atomic mass is 16.3. The molecule has 11 aromatic rings. The van der Waals surface area contributed by atoms with Gasteiger partial charge < -0.3 is 9.32 Å². The molecule has 10 aromatic carbocycles. The van der Waals surface area contributed by atoms with E-state index < -0.39 is 0 Å². The van der Waals surface area contributed by atoms with Crippen LogP contribution in [0.4, 0.5) is 17.1 Å². The number of nitrogens with zero attached hydrogens (tertiary/aromatic N) is 1. The molecule has 0 aliphatic rings. The van der Waals surface area contributed by atoms with Crippen LogP contribution in [-0.2, 0) is 0 Å². The Hall–Kier alpha value is -7.42. The van der Waals surface area contributed by atoms with Crippen molar-refractivity contribution in [3.8, 4) is 33.4 Å². The Bertz CT molecular complexity index is 3230. The molecular weight excluding hydrogens is 679 g/mol. The van der Waals surface area contributed by atoms with Crippen LogP contribution >= 0.6 is 0 Å². The maximum Gasteiger partial charge on any atom is 0.136 e. The van der Waals surface area contributed by atoms with E-state index in [0.29, 0.717) is 0 Å². The average molecular weight is 714 g/mol. The first-order chi connectivity index (χ1) is 27.7. The Labute approximate surface area is 325 Å². The molecule has 11 rings (SSSR count). The number of anilines is 3. The number of benzene rings is 10. The second-order valence-electron chi connectivity index (χ2n) is 14.5. The van der Waals surface area contributed by atoms with E-state index in [9.17, 15) is 0 Å². The fraction of sp³-hybridized carbons (Fsp3) is 0. The van der Waals surface area contributed by atoms with Crippen molar-refractivity contribution in [1.29, 1.82) is 0 Å². The zero-order valence-electron chi connectivity index (χ0n) is 30.6. The summed E-state index contributed by atoms with van der Waals surface area (Å²) in [6.07, 6.45) is 0. The number of furan rings is 1. The highest BCUT2D eigenvalue weighted by Gasteiger charge is 2.16. The molecule has 262 valence electrons. The fourth-order valence-corrected chi connectivity index (χ4v) is 8.52. The summed E-state index contributed by atoms with van der Waals surface area (Å²) in [6, 6.07) is 76.5. The van der Waals surface area contributed by atoms with E-state index in [0.717, 1.165) is 33.6 Å². The summed E-state index contributed by atoms with van der Waals surface area (Å²) < 4.78 is 6.15. The second kappa shape index (κ2) is 13.2. The number of rotatable bonds is 6. The predicted octanol–water partition coefficient (Wildman–Crippen LogP) is 15.5. The van der Waals surface area contributed by atoms with E-state index in [2.05, 4.69) is 205 Å². The number of para-hydroxylation sites is 2. The Morgan fingerprint density at radius 2 is 0.875 bits per heavy atom. The lowest BCUT2D eigenvalue weighted by Gasteiger charge is -2.26. The van der Waals surface area contributed by atoms with Gasteiger partial charge in [0.05, 0.1) is 0 Å². The Morgan fingerprint density at radius 1 is 0.286 bits per heavy atom. The molecule has 0 spiro atoms. The van der Waals surface area contributed by atoms with Crippen LogP contribution in [0, 0.1) is 0 Å². The minimum absolute atomic E-state index is 0.925. The van der Waals surface area contributed by atoms with Crippen molar-refractivity contribution in [3.63, 3.8) is 0 Å². The first kappa shape index (κ1) is 32.0. The molecule has 0 amide bonds. The molecule has 2 heteroatoms. The van der Waals surface area contributed by atoms with Gasteiger partial charge in [-0.25, -0.2) is 0 Å². The van der Waals surface area contributed by atoms with E-state index in [4.69, 9.17) is 4.42 Å². The molecule has 0 radical (unpaired) electrons. The quantitative estimate of drug-likeness (QED) is 0.160. The summed E-state index contributed by atoms with van der Waals surface area (Å²) in [7, 11) is 0. The molecule has 2 nitrogen and oxygen atoms in total. The first-order valence-corrected chi connectivity index (χ1v) is 19.2. The minimum atomic E-state index is 0.925. The van der Waals surface area contributed by atoms with Crippen molar-refractivity contribution in [2.45, 2.75) is 0 Å². The third-order valence-electron chi connectivity index (χ3n) is 11.2. The minimum Gasteiger partial charge on any atom is -0.456 e.